The van der Waals surface area contributed by atoms with E-state index in [-0.39, 0.29) is 41.9 Å². The van der Waals surface area contributed by atoms with Crippen molar-refractivity contribution in [2.75, 3.05) is 0 Å². The molecule has 1 aliphatic heterocycles. The van der Waals surface area contributed by atoms with Crippen LogP contribution < -0.4 is 40.0 Å². The zero-order valence-electron chi connectivity index (χ0n) is 16.9. The normalized spacial score (nSPS) is 15.5. The van der Waals surface area contributed by atoms with Crippen molar-refractivity contribution < 1.29 is 44.3 Å². The maximum absolute atomic E-state index is 12.3. The Morgan fingerprint density at radius 1 is 0.935 bits per heavy atom. The number of carbonyl (C=O) groups is 2. The summed E-state index contributed by atoms with van der Waals surface area (Å²) in [5, 5.41) is 13.9. The van der Waals surface area contributed by atoms with Gasteiger partial charge in [-0.05, 0) is 52.2 Å². The number of hydrogen-bond acceptors (Lipinski definition) is 5. The van der Waals surface area contributed by atoms with Gasteiger partial charge in [-0.1, -0.05) is 66.7 Å². The zero-order valence-corrected chi connectivity index (χ0v) is 19.7. The van der Waals surface area contributed by atoms with Gasteiger partial charge in [0.1, 0.15) is 0 Å². The Bertz CT molecular complexity index is 1140. The molecule has 0 radical (unpaired) electrons. The van der Waals surface area contributed by atoms with Gasteiger partial charge < -0.3 is 15.2 Å². The second kappa shape index (κ2) is 10.6. The minimum atomic E-state index is -1.13. The van der Waals surface area contributed by atoms with Crippen LogP contribution in [0.25, 0.3) is 17.2 Å². The molecule has 0 atom stereocenters. The van der Waals surface area contributed by atoms with Crippen LogP contribution in [0.3, 0.4) is 0 Å². The molecular formula is C24H17N2NaO3S. The second-order valence-corrected chi connectivity index (χ2v) is 7.72. The van der Waals surface area contributed by atoms with E-state index in [0.29, 0.717) is 21.3 Å². The predicted molar refractivity (Wildman–Crippen MR) is 118 cm³/mol. The van der Waals surface area contributed by atoms with Gasteiger partial charge in [-0.2, -0.15) is 0 Å². The molecule has 4 rings (SSSR count). The van der Waals surface area contributed by atoms with Gasteiger partial charge in [0.2, 0.25) is 0 Å². The Labute approximate surface area is 206 Å². The van der Waals surface area contributed by atoms with E-state index in [0.717, 1.165) is 16.7 Å². The first-order valence-corrected chi connectivity index (χ1v) is 10.1. The molecular weight excluding hydrogens is 419 g/mol. The third kappa shape index (κ3) is 6.18. The number of benzene rings is 3. The Kier molecular flexibility index (Phi) is 7.87. The van der Waals surface area contributed by atoms with Gasteiger partial charge >= 0.3 is 29.6 Å². The van der Waals surface area contributed by atoms with E-state index in [1.165, 1.54) is 11.8 Å². The van der Waals surface area contributed by atoms with Crippen LogP contribution in [0, 0.1) is 0 Å². The van der Waals surface area contributed by atoms with Crippen molar-refractivity contribution in [3.05, 3.63) is 94.9 Å². The fourth-order valence-corrected chi connectivity index (χ4v) is 3.85. The molecule has 0 aliphatic carbocycles. The number of rotatable bonds is 5. The number of amidine groups is 1. The molecule has 3 aromatic carbocycles. The summed E-state index contributed by atoms with van der Waals surface area (Å²) in [6, 6.07) is 24.9. The number of hydrogen-bond donors (Lipinski definition) is 1. The average molecular weight is 436 g/mol. The summed E-state index contributed by atoms with van der Waals surface area (Å²) in [5.41, 5.74) is 4.46. The van der Waals surface area contributed by atoms with E-state index in [4.69, 9.17) is 0 Å². The van der Waals surface area contributed by atoms with Crippen LogP contribution in [0.15, 0.2) is 88.8 Å². The minimum Gasteiger partial charge on any atom is -0.550 e. The van der Waals surface area contributed by atoms with Crippen LogP contribution in [0.4, 0.5) is 5.69 Å². The molecule has 0 bridgehead atoms. The van der Waals surface area contributed by atoms with Crippen LogP contribution in [0.5, 0.6) is 0 Å². The van der Waals surface area contributed by atoms with Crippen LogP contribution in [-0.4, -0.2) is 17.0 Å². The van der Waals surface area contributed by atoms with Crippen molar-refractivity contribution in [3.63, 3.8) is 0 Å². The Hall–Kier alpha value is -2.64. The molecule has 3 aromatic rings. The summed E-state index contributed by atoms with van der Waals surface area (Å²) >= 11 is 1.27. The number of carboxylic acid groups (broad SMARTS) is 1. The fraction of sp³-hybridized carbons (Fsp3) is 0.0417. The largest absolute Gasteiger partial charge is 1.00 e. The maximum Gasteiger partial charge on any atom is 1.00 e. The molecule has 0 saturated carbocycles. The number of nitrogens with one attached hydrogen (secondary N) is 1. The van der Waals surface area contributed by atoms with E-state index >= 15 is 0 Å². The van der Waals surface area contributed by atoms with Gasteiger partial charge in [-0.3, -0.25) is 4.79 Å². The van der Waals surface area contributed by atoms with E-state index in [1.807, 2.05) is 48.5 Å². The Morgan fingerprint density at radius 3 is 2.23 bits per heavy atom. The fourth-order valence-electron chi connectivity index (χ4n) is 3.01. The summed E-state index contributed by atoms with van der Waals surface area (Å²) in [6.07, 6.45) is 1.69. The molecule has 5 nitrogen and oxygen atoms in total. The number of carboxylic acids is 1. The number of nitrogens with zero attached hydrogens (tertiary/aromatic N) is 1. The summed E-state index contributed by atoms with van der Waals surface area (Å²) in [7, 11) is 0. The molecule has 31 heavy (non-hydrogen) atoms. The van der Waals surface area contributed by atoms with Crippen LogP contribution in [0.1, 0.15) is 11.1 Å². The number of carbonyl (C=O) groups excluding carboxylic acids is 2. The Balaban J connectivity index is 0.00000272. The molecule has 0 spiro atoms. The monoisotopic (exact) mass is 436 g/mol. The van der Waals surface area contributed by atoms with Crippen LogP contribution >= 0.6 is 11.8 Å². The second-order valence-electron chi connectivity index (χ2n) is 6.68. The number of aliphatic carboxylic acids is 1. The maximum atomic E-state index is 12.3. The molecule has 1 heterocycles. The van der Waals surface area contributed by atoms with Crippen molar-refractivity contribution in [2.24, 2.45) is 4.99 Å². The third-order valence-corrected chi connectivity index (χ3v) is 5.39. The summed E-state index contributed by atoms with van der Waals surface area (Å²) in [4.78, 5) is 27.9. The zero-order chi connectivity index (χ0) is 20.9. The number of amides is 1. The summed E-state index contributed by atoms with van der Waals surface area (Å²) in [6.45, 7) is 0. The minimum absolute atomic E-state index is 0. The molecule has 0 unspecified atom stereocenters. The third-order valence-electron chi connectivity index (χ3n) is 4.48. The van der Waals surface area contributed by atoms with Crippen molar-refractivity contribution in [1.82, 2.24) is 5.32 Å². The van der Waals surface area contributed by atoms with Gasteiger partial charge in [0.05, 0.1) is 10.6 Å². The Morgan fingerprint density at radius 2 is 1.58 bits per heavy atom. The first kappa shape index (κ1) is 23.0. The van der Waals surface area contributed by atoms with Crippen molar-refractivity contribution in [3.8, 4) is 11.1 Å². The van der Waals surface area contributed by atoms with Crippen molar-refractivity contribution in [1.29, 1.82) is 0 Å². The smallest absolute Gasteiger partial charge is 0.550 e. The van der Waals surface area contributed by atoms with Gasteiger partial charge in [-0.15, -0.1) is 0 Å². The van der Waals surface area contributed by atoms with Gasteiger partial charge in [0.25, 0.3) is 5.91 Å². The van der Waals surface area contributed by atoms with E-state index in [2.05, 4.69) is 22.4 Å². The van der Waals surface area contributed by atoms with Gasteiger partial charge in [-0.25, -0.2) is 4.99 Å². The molecule has 1 fully saturated rings. The topological polar surface area (TPSA) is 81.6 Å². The predicted octanol–water partition coefficient (Wildman–Crippen LogP) is 0.542. The summed E-state index contributed by atoms with van der Waals surface area (Å²) in [5.74, 6) is -1.32. The SMILES string of the molecule is O=C([O-])Cc1ccc(N=C2NC(=O)C(=Cc3ccc(-c4ccccc4)cc3)S2)cc1.[Na+]. The first-order chi connectivity index (χ1) is 14.6. The molecule has 148 valence electrons. The molecule has 1 aliphatic rings. The average Bonchev–Trinajstić information content (AvgIpc) is 3.09. The molecule has 0 aromatic heterocycles. The van der Waals surface area contributed by atoms with Crippen molar-refractivity contribution in [2.45, 2.75) is 6.42 Å². The van der Waals surface area contributed by atoms with Crippen molar-refractivity contribution >= 4 is 40.6 Å². The first-order valence-electron chi connectivity index (χ1n) is 9.31. The van der Waals surface area contributed by atoms with Gasteiger partial charge in [0.15, 0.2) is 5.17 Å². The number of aliphatic imine (C=N–C) groups is 1. The van der Waals surface area contributed by atoms with Crippen LogP contribution in [0.2, 0.25) is 0 Å². The molecule has 7 heteroatoms. The standard InChI is InChI=1S/C24H18N2O3S.Na/c27-22(28)15-17-8-12-20(13-9-17)25-24-26-23(29)21(30-24)14-16-6-10-19(11-7-16)18-4-2-1-3-5-18;/h1-14H,15H2,(H,27,28)(H,25,26,29);/q;+1/p-1. The summed E-state index contributed by atoms with van der Waals surface area (Å²) < 4.78 is 0. The quantitative estimate of drug-likeness (QED) is 0.468. The van der Waals surface area contributed by atoms with Gasteiger partial charge in [0, 0.05) is 12.4 Å². The van der Waals surface area contributed by atoms with E-state index in [9.17, 15) is 14.7 Å². The van der Waals surface area contributed by atoms with E-state index < -0.39 is 5.97 Å². The molecule has 1 saturated heterocycles. The molecule has 1 amide bonds. The van der Waals surface area contributed by atoms with E-state index in [1.54, 1.807) is 24.3 Å². The number of thioether (sulfide) groups is 1. The molecule has 1 N–H and O–H groups in total. The van der Waals surface area contributed by atoms with Crippen LogP contribution in [-0.2, 0) is 16.0 Å².